The van der Waals surface area contributed by atoms with Crippen molar-refractivity contribution < 1.29 is 8.42 Å². The number of benzene rings is 1. The maximum Gasteiger partial charge on any atom is 0.188 e. The molecule has 1 aromatic rings. The number of nitrogens with one attached hydrogen (secondary N) is 1. The highest BCUT2D eigenvalue weighted by molar-refractivity contribution is 14.0. The molecular weight excluding hydrogens is 437 g/mol. The van der Waals surface area contributed by atoms with E-state index in [1.165, 1.54) is 0 Å². The summed E-state index contributed by atoms with van der Waals surface area (Å²) in [5.41, 5.74) is 6.81. The lowest BCUT2D eigenvalue weighted by atomic mass is 9.87. The normalized spacial score (nSPS) is 12.6. The highest BCUT2D eigenvalue weighted by atomic mass is 127. The molecule has 0 spiro atoms. The molecular formula is C17H30IN3O2S. The molecule has 0 saturated heterocycles. The number of nitrogens with zero attached hydrogens (tertiary/aromatic N) is 1. The van der Waals surface area contributed by atoms with E-state index in [2.05, 4.69) is 38.0 Å². The molecule has 3 N–H and O–H groups in total. The summed E-state index contributed by atoms with van der Waals surface area (Å²) < 4.78 is 24.6. The molecule has 138 valence electrons. The minimum absolute atomic E-state index is 0. The van der Waals surface area contributed by atoms with Crippen LogP contribution >= 0.6 is 24.0 Å². The number of sulfone groups is 1. The van der Waals surface area contributed by atoms with Crippen LogP contribution in [-0.2, 0) is 15.3 Å². The molecule has 0 saturated carbocycles. The Labute approximate surface area is 163 Å². The lowest BCUT2D eigenvalue weighted by Gasteiger charge is -2.19. The smallest absolute Gasteiger partial charge is 0.188 e. The second-order valence-electron chi connectivity index (χ2n) is 6.64. The molecule has 0 aliphatic heterocycles. The number of halogens is 1. The zero-order chi connectivity index (χ0) is 17.5. The van der Waals surface area contributed by atoms with Crippen LogP contribution in [0.3, 0.4) is 0 Å². The van der Waals surface area contributed by atoms with Gasteiger partial charge in [0, 0.05) is 13.1 Å². The molecule has 1 aromatic carbocycles. The van der Waals surface area contributed by atoms with Crippen molar-refractivity contribution >= 4 is 39.8 Å². The van der Waals surface area contributed by atoms with Crippen LogP contribution in [0.2, 0.25) is 0 Å². The predicted molar refractivity (Wildman–Crippen MR) is 112 cm³/mol. The van der Waals surface area contributed by atoms with E-state index in [0.717, 1.165) is 18.4 Å². The van der Waals surface area contributed by atoms with E-state index in [1.807, 2.05) is 12.1 Å². The molecule has 0 aromatic heterocycles. The van der Waals surface area contributed by atoms with Gasteiger partial charge in [-0.25, -0.2) is 8.42 Å². The summed E-state index contributed by atoms with van der Waals surface area (Å²) in [6.07, 6.45) is 2.02. The van der Waals surface area contributed by atoms with Gasteiger partial charge in [0.15, 0.2) is 15.8 Å². The van der Waals surface area contributed by atoms with Crippen LogP contribution < -0.4 is 11.1 Å². The van der Waals surface area contributed by atoms with Crippen molar-refractivity contribution in [3.8, 4) is 0 Å². The lowest BCUT2D eigenvalue weighted by Crippen LogP contribution is -2.35. The average Bonchev–Trinajstić information content (AvgIpc) is 2.46. The van der Waals surface area contributed by atoms with Crippen LogP contribution in [0.15, 0.2) is 34.2 Å². The molecule has 1 rings (SSSR count). The number of hydrogen-bond acceptors (Lipinski definition) is 3. The zero-order valence-corrected chi connectivity index (χ0v) is 18.1. The van der Waals surface area contributed by atoms with Gasteiger partial charge < -0.3 is 11.1 Å². The Balaban J connectivity index is 0.00000529. The molecule has 0 bridgehead atoms. The molecule has 0 radical (unpaired) electrons. The number of aliphatic imine (C=N–C) groups is 1. The fourth-order valence-electron chi connectivity index (χ4n) is 2.01. The molecule has 24 heavy (non-hydrogen) atoms. The van der Waals surface area contributed by atoms with E-state index in [1.54, 1.807) is 12.1 Å². The van der Waals surface area contributed by atoms with Crippen LogP contribution in [0.5, 0.6) is 0 Å². The Morgan fingerprint density at radius 1 is 1.21 bits per heavy atom. The highest BCUT2D eigenvalue weighted by Gasteiger charge is 2.17. The monoisotopic (exact) mass is 467 g/mol. The molecule has 5 nitrogen and oxygen atoms in total. The number of rotatable bonds is 7. The first-order valence-corrected chi connectivity index (χ1v) is 9.69. The number of nitrogens with two attached hydrogens (primary N) is 1. The van der Waals surface area contributed by atoms with Crippen LogP contribution in [-0.4, -0.2) is 33.2 Å². The van der Waals surface area contributed by atoms with Crippen molar-refractivity contribution in [2.24, 2.45) is 10.7 Å². The van der Waals surface area contributed by atoms with Gasteiger partial charge in [-0.3, -0.25) is 4.99 Å². The maximum atomic E-state index is 12.3. The fraction of sp³-hybridized carbons (Fsp3) is 0.588. The minimum atomic E-state index is -3.32. The van der Waals surface area contributed by atoms with Gasteiger partial charge in [-0.2, -0.15) is 0 Å². The Hall–Kier alpha value is -0.830. The standard InChI is InChI=1S/C17H29N3O2S.HI/c1-5-6-11-19-16(18)20-12-13-23(21,22)15-9-7-14(8-10-15)17(2,3)4;/h7-10H,5-6,11-13H2,1-4H3,(H3,18,19,20);1H. The van der Waals surface area contributed by atoms with Crippen LogP contribution in [0.4, 0.5) is 0 Å². The Kier molecular flexibility index (Phi) is 9.87. The van der Waals surface area contributed by atoms with Gasteiger partial charge in [0.05, 0.1) is 10.6 Å². The van der Waals surface area contributed by atoms with Gasteiger partial charge in [-0.05, 0) is 29.5 Å². The third-order valence-electron chi connectivity index (χ3n) is 3.55. The van der Waals surface area contributed by atoms with Gasteiger partial charge in [0.2, 0.25) is 0 Å². The van der Waals surface area contributed by atoms with Gasteiger partial charge in [-0.1, -0.05) is 46.2 Å². The summed E-state index contributed by atoms with van der Waals surface area (Å²) in [4.78, 5) is 4.47. The number of hydrogen-bond donors (Lipinski definition) is 2. The first-order valence-electron chi connectivity index (χ1n) is 8.04. The summed E-state index contributed by atoms with van der Waals surface area (Å²) in [5.74, 6) is 0.294. The second-order valence-corrected chi connectivity index (χ2v) is 8.75. The average molecular weight is 467 g/mol. The quantitative estimate of drug-likeness (QED) is 0.279. The van der Waals surface area contributed by atoms with Crippen LogP contribution in [0.1, 0.15) is 46.1 Å². The lowest BCUT2D eigenvalue weighted by molar-refractivity contribution is 0.586. The van der Waals surface area contributed by atoms with E-state index < -0.39 is 9.84 Å². The van der Waals surface area contributed by atoms with Crippen molar-refractivity contribution in [2.75, 3.05) is 18.8 Å². The van der Waals surface area contributed by atoms with Gasteiger partial charge in [-0.15, -0.1) is 24.0 Å². The predicted octanol–water partition coefficient (Wildman–Crippen LogP) is 3.08. The summed E-state index contributed by atoms with van der Waals surface area (Å²) in [5, 5.41) is 2.85. The van der Waals surface area contributed by atoms with Gasteiger partial charge >= 0.3 is 0 Å². The van der Waals surface area contributed by atoms with Crippen LogP contribution in [0, 0.1) is 0 Å². The molecule has 0 heterocycles. The van der Waals surface area contributed by atoms with Crippen LogP contribution in [0.25, 0.3) is 0 Å². The number of guanidine groups is 1. The molecule has 0 unspecified atom stereocenters. The Morgan fingerprint density at radius 2 is 1.79 bits per heavy atom. The fourth-order valence-corrected chi connectivity index (χ4v) is 3.16. The van der Waals surface area contributed by atoms with Gasteiger partial charge in [0.1, 0.15) is 0 Å². The first-order chi connectivity index (χ1) is 10.7. The van der Waals surface area contributed by atoms with Crippen molar-refractivity contribution in [1.29, 1.82) is 0 Å². The molecule has 7 heteroatoms. The van der Waals surface area contributed by atoms with E-state index in [0.29, 0.717) is 17.4 Å². The van der Waals surface area contributed by atoms with E-state index in [9.17, 15) is 8.42 Å². The summed E-state index contributed by atoms with van der Waals surface area (Å²) in [7, 11) is -3.32. The van der Waals surface area contributed by atoms with Crippen molar-refractivity contribution in [1.82, 2.24) is 5.32 Å². The highest BCUT2D eigenvalue weighted by Crippen LogP contribution is 2.23. The molecule has 0 fully saturated rings. The summed E-state index contributed by atoms with van der Waals surface area (Å²) in [6.45, 7) is 9.29. The van der Waals surface area contributed by atoms with Crippen molar-refractivity contribution in [3.05, 3.63) is 29.8 Å². The molecule has 0 aliphatic rings. The zero-order valence-electron chi connectivity index (χ0n) is 15.0. The maximum absolute atomic E-state index is 12.3. The second kappa shape index (κ2) is 10.2. The number of unbranched alkanes of at least 4 members (excludes halogenated alkanes) is 1. The first kappa shape index (κ1) is 23.2. The third-order valence-corrected chi connectivity index (χ3v) is 5.28. The van der Waals surface area contributed by atoms with E-state index in [-0.39, 0.29) is 41.7 Å². The Bertz CT molecular complexity index is 620. The molecule has 0 amide bonds. The minimum Gasteiger partial charge on any atom is -0.370 e. The van der Waals surface area contributed by atoms with Crippen molar-refractivity contribution in [3.63, 3.8) is 0 Å². The van der Waals surface area contributed by atoms with Crippen molar-refractivity contribution in [2.45, 2.75) is 50.8 Å². The SMILES string of the molecule is CCCCN=C(N)NCCS(=O)(=O)c1ccc(C(C)(C)C)cc1.I. The Morgan fingerprint density at radius 3 is 2.29 bits per heavy atom. The summed E-state index contributed by atoms with van der Waals surface area (Å²) in [6, 6.07) is 7.10. The third kappa shape index (κ3) is 7.83. The molecule has 0 aliphatic carbocycles. The largest absolute Gasteiger partial charge is 0.370 e. The topological polar surface area (TPSA) is 84.5 Å². The van der Waals surface area contributed by atoms with E-state index >= 15 is 0 Å². The summed E-state index contributed by atoms with van der Waals surface area (Å²) >= 11 is 0. The molecule has 0 atom stereocenters. The van der Waals surface area contributed by atoms with Gasteiger partial charge in [0.25, 0.3) is 0 Å². The van der Waals surface area contributed by atoms with E-state index in [4.69, 9.17) is 5.73 Å².